The normalized spacial score (nSPS) is 33.0. The fourth-order valence-electron chi connectivity index (χ4n) is 7.16. The second kappa shape index (κ2) is 14.7. The SMILES string of the molecule is CC1(C)CCC(C)(C)C2CC3CCCC3CC21.CCCC1CCCC1.[CH3-].[CH3-].[Cl][Zr+2][Cl]. The van der Waals surface area contributed by atoms with Crippen molar-refractivity contribution >= 4 is 17.0 Å². The van der Waals surface area contributed by atoms with Crippen LogP contribution in [-0.4, -0.2) is 0 Å². The summed E-state index contributed by atoms with van der Waals surface area (Å²) in [4.78, 5) is 0. The molecule has 0 spiro atoms. The molecule has 0 aromatic carbocycles. The van der Waals surface area contributed by atoms with Crippen molar-refractivity contribution in [3.8, 4) is 0 Å². The van der Waals surface area contributed by atoms with Crippen molar-refractivity contribution < 1.29 is 20.8 Å². The van der Waals surface area contributed by atoms with Crippen molar-refractivity contribution in [3.05, 3.63) is 14.9 Å². The zero-order valence-corrected chi connectivity index (χ0v) is 25.3. The van der Waals surface area contributed by atoms with Gasteiger partial charge < -0.3 is 14.9 Å². The molecule has 4 rings (SSSR count). The van der Waals surface area contributed by atoms with Crippen LogP contribution in [0.3, 0.4) is 0 Å². The summed E-state index contributed by atoms with van der Waals surface area (Å²) in [7, 11) is 9.87. The van der Waals surface area contributed by atoms with Crippen LogP contribution in [0.4, 0.5) is 0 Å². The summed E-state index contributed by atoms with van der Waals surface area (Å²) >= 11 is -0.826. The van der Waals surface area contributed by atoms with E-state index >= 15 is 0 Å². The van der Waals surface area contributed by atoms with Gasteiger partial charge in [0.1, 0.15) is 0 Å². The molecule has 4 aliphatic carbocycles. The third-order valence-electron chi connectivity index (χ3n) is 9.01. The van der Waals surface area contributed by atoms with Gasteiger partial charge in [-0.1, -0.05) is 92.4 Å². The van der Waals surface area contributed by atoms with E-state index in [4.69, 9.17) is 17.0 Å². The first-order valence-electron chi connectivity index (χ1n) is 12.2. The van der Waals surface area contributed by atoms with E-state index in [1.807, 2.05) is 0 Å². The van der Waals surface area contributed by atoms with Gasteiger partial charge in [-0.3, -0.25) is 0 Å². The topological polar surface area (TPSA) is 0 Å². The van der Waals surface area contributed by atoms with Gasteiger partial charge in [0.05, 0.1) is 0 Å². The first-order chi connectivity index (χ1) is 13.2. The Morgan fingerprint density at radius 2 is 1.13 bits per heavy atom. The Morgan fingerprint density at radius 1 is 0.733 bits per heavy atom. The molecule has 0 aliphatic heterocycles. The van der Waals surface area contributed by atoms with Crippen molar-refractivity contribution in [2.24, 2.45) is 40.4 Å². The zero-order chi connectivity index (χ0) is 20.8. The van der Waals surface area contributed by atoms with Crippen LogP contribution in [0, 0.1) is 55.3 Å². The molecule has 4 atom stereocenters. The van der Waals surface area contributed by atoms with E-state index in [2.05, 4.69) is 34.6 Å². The van der Waals surface area contributed by atoms with Crippen molar-refractivity contribution in [2.45, 2.75) is 118 Å². The average Bonchev–Trinajstić information content (AvgIpc) is 3.31. The van der Waals surface area contributed by atoms with Crippen LogP contribution in [0.5, 0.6) is 0 Å². The Labute approximate surface area is 210 Å². The van der Waals surface area contributed by atoms with E-state index < -0.39 is 20.8 Å². The standard InChI is InChI=1S/C17H30.C8H16.2CH3.2ClH.Zr/c1-16(2)8-9-17(3,4)15-11-13-7-5-6-12(13)10-14(15)16;1-2-5-8-6-3-4-7-8;;;;;/h12-15H,5-11H2,1-4H3;8H,2-7H2,1H3;2*1H3;2*1H;/q;;2*-1;;;+4/p-2. The van der Waals surface area contributed by atoms with Crippen LogP contribution >= 0.6 is 17.0 Å². The quantitative estimate of drug-likeness (QED) is 0.307. The maximum absolute atomic E-state index is 4.93. The van der Waals surface area contributed by atoms with Crippen molar-refractivity contribution in [1.29, 1.82) is 0 Å². The van der Waals surface area contributed by atoms with E-state index in [1.165, 1.54) is 57.8 Å². The predicted molar refractivity (Wildman–Crippen MR) is 135 cm³/mol. The molecule has 4 fully saturated rings. The molecule has 0 saturated heterocycles. The fourth-order valence-corrected chi connectivity index (χ4v) is 7.16. The average molecular weight is 539 g/mol. The van der Waals surface area contributed by atoms with Gasteiger partial charge in [-0.05, 0) is 66.1 Å². The summed E-state index contributed by atoms with van der Waals surface area (Å²) in [5, 5.41) is 0. The minimum atomic E-state index is -0.826. The van der Waals surface area contributed by atoms with Crippen molar-refractivity contribution in [1.82, 2.24) is 0 Å². The molecule has 3 heteroatoms. The Bertz CT molecular complexity index is 412. The van der Waals surface area contributed by atoms with Crippen molar-refractivity contribution in [3.63, 3.8) is 0 Å². The molecular weight excluding hydrogens is 486 g/mol. The summed E-state index contributed by atoms with van der Waals surface area (Å²) in [5.41, 5.74) is 1.24. The second-order valence-corrected chi connectivity index (χ2v) is 15.4. The van der Waals surface area contributed by atoms with Gasteiger partial charge in [0.15, 0.2) is 0 Å². The van der Waals surface area contributed by atoms with E-state index in [0.717, 1.165) is 29.6 Å². The Kier molecular flexibility index (Phi) is 15.4. The molecular formula is C27H52Cl2Zr. The molecule has 0 nitrogen and oxygen atoms in total. The van der Waals surface area contributed by atoms with E-state index in [0.29, 0.717) is 10.8 Å². The molecule has 0 aromatic heterocycles. The number of halogens is 2. The second-order valence-electron chi connectivity index (χ2n) is 11.6. The monoisotopic (exact) mass is 536 g/mol. The van der Waals surface area contributed by atoms with E-state index in [9.17, 15) is 0 Å². The number of rotatable bonds is 2. The number of fused-ring (bicyclic) bond motifs is 2. The van der Waals surface area contributed by atoms with Crippen LogP contribution in [0.1, 0.15) is 118 Å². The number of hydrogen-bond acceptors (Lipinski definition) is 0. The predicted octanol–water partition coefficient (Wildman–Crippen LogP) is 10.5. The van der Waals surface area contributed by atoms with Crippen LogP contribution in [0.2, 0.25) is 0 Å². The first kappa shape index (κ1) is 31.5. The Morgan fingerprint density at radius 3 is 1.50 bits per heavy atom. The summed E-state index contributed by atoms with van der Waals surface area (Å²) < 4.78 is 0. The summed E-state index contributed by atoms with van der Waals surface area (Å²) in [5.74, 6) is 5.35. The van der Waals surface area contributed by atoms with Crippen LogP contribution < -0.4 is 0 Å². The Hall–Kier alpha value is 1.46. The molecule has 4 unspecified atom stereocenters. The van der Waals surface area contributed by atoms with Gasteiger partial charge >= 0.3 is 37.9 Å². The number of hydrogen-bond donors (Lipinski definition) is 0. The third-order valence-corrected chi connectivity index (χ3v) is 9.01. The molecule has 0 aromatic rings. The van der Waals surface area contributed by atoms with Crippen LogP contribution in [-0.2, 0) is 20.8 Å². The zero-order valence-electron chi connectivity index (χ0n) is 21.3. The molecule has 30 heavy (non-hydrogen) atoms. The van der Waals surface area contributed by atoms with E-state index in [-0.39, 0.29) is 14.9 Å². The molecule has 0 radical (unpaired) electrons. The molecule has 4 aliphatic rings. The summed E-state index contributed by atoms with van der Waals surface area (Å²) in [6.07, 6.45) is 19.6. The summed E-state index contributed by atoms with van der Waals surface area (Å²) in [6, 6.07) is 0. The molecule has 0 amide bonds. The van der Waals surface area contributed by atoms with Crippen molar-refractivity contribution in [2.75, 3.05) is 0 Å². The maximum atomic E-state index is 4.93. The molecule has 0 heterocycles. The first-order valence-corrected chi connectivity index (χ1v) is 18.5. The molecule has 178 valence electrons. The Balaban J connectivity index is 0.000000551. The van der Waals surface area contributed by atoms with E-state index in [1.54, 1.807) is 25.7 Å². The van der Waals surface area contributed by atoms with Gasteiger partial charge in [-0.2, -0.15) is 0 Å². The summed E-state index contributed by atoms with van der Waals surface area (Å²) in [6.45, 7) is 12.5. The van der Waals surface area contributed by atoms with Crippen LogP contribution in [0.25, 0.3) is 0 Å². The van der Waals surface area contributed by atoms with Gasteiger partial charge in [-0.15, -0.1) is 0 Å². The molecule has 0 bridgehead atoms. The van der Waals surface area contributed by atoms with Crippen LogP contribution in [0.15, 0.2) is 0 Å². The third kappa shape index (κ3) is 8.67. The van der Waals surface area contributed by atoms with Gasteiger partial charge in [0, 0.05) is 0 Å². The fraction of sp³-hybridized carbons (Fsp3) is 0.926. The molecule has 4 saturated carbocycles. The van der Waals surface area contributed by atoms with Gasteiger partial charge in [0.25, 0.3) is 0 Å². The minimum absolute atomic E-state index is 0. The van der Waals surface area contributed by atoms with Gasteiger partial charge in [-0.25, -0.2) is 0 Å². The van der Waals surface area contributed by atoms with Gasteiger partial charge in [0.2, 0.25) is 0 Å². The molecule has 0 N–H and O–H groups in total.